The number of hydrogen-bond acceptors (Lipinski definition) is 4. The summed E-state index contributed by atoms with van der Waals surface area (Å²) in [7, 11) is 2.20. The molecule has 108 valence electrons. The molecule has 1 heterocycles. The van der Waals surface area contributed by atoms with Gasteiger partial charge in [0.1, 0.15) is 0 Å². The molecule has 1 rings (SSSR count). The van der Waals surface area contributed by atoms with Crippen molar-refractivity contribution in [1.29, 1.82) is 0 Å². The lowest BCUT2D eigenvalue weighted by molar-refractivity contribution is -0.0408. The number of nitrogens with one attached hydrogen (secondary N) is 1. The molecule has 0 unspecified atom stereocenters. The molecular weight excluding hydrogens is 226 g/mol. The molecule has 18 heavy (non-hydrogen) atoms. The summed E-state index contributed by atoms with van der Waals surface area (Å²) in [5, 5.41) is 3.38. The van der Waals surface area contributed by atoms with Crippen molar-refractivity contribution in [2.75, 3.05) is 59.5 Å². The van der Waals surface area contributed by atoms with Crippen LogP contribution in [0, 0.1) is 5.92 Å². The van der Waals surface area contributed by atoms with Crippen LogP contribution in [0.25, 0.3) is 0 Å². The van der Waals surface area contributed by atoms with E-state index in [2.05, 4.69) is 42.9 Å². The maximum atomic E-state index is 5.86. The van der Waals surface area contributed by atoms with E-state index in [-0.39, 0.29) is 0 Å². The molecule has 0 aromatic heterocycles. The van der Waals surface area contributed by atoms with Crippen molar-refractivity contribution in [3.05, 3.63) is 0 Å². The molecule has 0 aromatic rings. The maximum absolute atomic E-state index is 5.86. The molecule has 1 saturated heterocycles. The molecule has 0 radical (unpaired) electrons. The second kappa shape index (κ2) is 8.86. The van der Waals surface area contributed by atoms with E-state index < -0.39 is 0 Å². The maximum Gasteiger partial charge on any atom is 0.0829 e. The van der Waals surface area contributed by atoms with Crippen LogP contribution in [0.1, 0.15) is 20.8 Å². The number of morpholine rings is 1. The van der Waals surface area contributed by atoms with Crippen LogP contribution in [-0.4, -0.2) is 75.4 Å². The third kappa shape index (κ3) is 6.69. The molecule has 0 amide bonds. The molecule has 1 aliphatic heterocycles. The summed E-state index contributed by atoms with van der Waals surface area (Å²) in [4.78, 5) is 4.91. The number of rotatable bonds is 8. The lowest BCUT2D eigenvalue weighted by atomic mass is 10.2. The molecular formula is C14H31N3O. The van der Waals surface area contributed by atoms with Gasteiger partial charge in [0.05, 0.1) is 12.7 Å². The van der Waals surface area contributed by atoms with Gasteiger partial charge in [-0.15, -0.1) is 0 Å². The lowest BCUT2D eigenvalue weighted by Gasteiger charge is -2.35. The Hall–Kier alpha value is -0.160. The quantitative estimate of drug-likeness (QED) is 0.654. The van der Waals surface area contributed by atoms with Crippen molar-refractivity contribution in [1.82, 2.24) is 15.1 Å². The van der Waals surface area contributed by atoms with Crippen LogP contribution in [-0.2, 0) is 4.74 Å². The standard InChI is InChI=1S/C14H31N3O/c1-5-15-6-7-17-8-9-18-14(12-17)11-16(4)10-13(2)3/h13-15H,5-12H2,1-4H3/t14-/m1/s1. The summed E-state index contributed by atoms with van der Waals surface area (Å²) >= 11 is 0. The normalized spacial score (nSPS) is 22.0. The zero-order valence-corrected chi connectivity index (χ0v) is 12.6. The Kier molecular flexibility index (Phi) is 7.82. The minimum absolute atomic E-state index is 0.379. The summed E-state index contributed by atoms with van der Waals surface area (Å²) < 4.78 is 5.86. The summed E-state index contributed by atoms with van der Waals surface area (Å²) in [6.07, 6.45) is 0.379. The predicted octanol–water partition coefficient (Wildman–Crippen LogP) is 0.885. The highest BCUT2D eigenvalue weighted by molar-refractivity contribution is 4.74. The van der Waals surface area contributed by atoms with Crippen molar-refractivity contribution in [2.45, 2.75) is 26.9 Å². The van der Waals surface area contributed by atoms with E-state index in [0.29, 0.717) is 6.10 Å². The Labute approximate surface area is 113 Å². The Bertz CT molecular complexity index is 211. The second-order valence-electron chi connectivity index (χ2n) is 5.76. The Morgan fingerprint density at radius 1 is 1.44 bits per heavy atom. The molecule has 0 bridgehead atoms. The topological polar surface area (TPSA) is 27.7 Å². The van der Waals surface area contributed by atoms with Crippen LogP contribution in [0.3, 0.4) is 0 Å². The van der Waals surface area contributed by atoms with Gasteiger partial charge in [-0.3, -0.25) is 4.90 Å². The van der Waals surface area contributed by atoms with Gasteiger partial charge < -0.3 is 15.0 Å². The molecule has 0 aromatic carbocycles. The average molecular weight is 257 g/mol. The molecule has 1 aliphatic rings. The van der Waals surface area contributed by atoms with Gasteiger partial charge >= 0.3 is 0 Å². The molecule has 4 heteroatoms. The zero-order valence-electron chi connectivity index (χ0n) is 12.6. The highest BCUT2D eigenvalue weighted by Gasteiger charge is 2.21. The van der Waals surface area contributed by atoms with Crippen molar-refractivity contribution in [2.24, 2.45) is 5.92 Å². The largest absolute Gasteiger partial charge is 0.374 e. The van der Waals surface area contributed by atoms with Crippen LogP contribution >= 0.6 is 0 Å². The molecule has 1 atom stereocenters. The smallest absolute Gasteiger partial charge is 0.0829 e. The average Bonchev–Trinajstić information content (AvgIpc) is 2.28. The first-order valence-corrected chi connectivity index (χ1v) is 7.35. The van der Waals surface area contributed by atoms with Crippen LogP contribution in [0.5, 0.6) is 0 Å². The van der Waals surface area contributed by atoms with Gasteiger partial charge in [0, 0.05) is 39.3 Å². The lowest BCUT2D eigenvalue weighted by Crippen LogP contribution is -2.48. The summed E-state index contributed by atoms with van der Waals surface area (Å²) in [6.45, 7) is 15.2. The van der Waals surface area contributed by atoms with Gasteiger partial charge in [-0.25, -0.2) is 0 Å². The van der Waals surface area contributed by atoms with Gasteiger partial charge in [-0.1, -0.05) is 20.8 Å². The highest BCUT2D eigenvalue weighted by Crippen LogP contribution is 2.07. The fraction of sp³-hybridized carbons (Fsp3) is 1.00. The van der Waals surface area contributed by atoms with Gasteiger partial charge in [0.15, 0.2) is 0 Å². The number of likely N-dealkylation sites (N-methyl/N-ethyl adjacent to an activating group) is 2. The van der Waals surface area contributed by atoms with Gasteiger partial charge in [-0.05, 0) is 19.5 Å². The monoisotopic (exact) mass is 257 g/mol. The van der Waals surface area contributed by atoms with Crippen LogP contribution in [0.4, 0.5) is 0 Å². The summed E-state index contributed by atoms with van der Waals surface area (Å²) in [6, 6.07) is 0. The number of nitrogens with zero attached hydrogens (tertiary/aromatic N) is 2. The summed E-state index contributed by atoms with van der Waals surface area (Å²) in [5.41, 5.74) is 0. The van der Waals surface area contributed by atoms with E-state index in [1.807, 2.05) is 0 Å². The third-order valence-corrected chi connectivity index (χ3v) is 3.27. The fourth-order valence-corrected chi connectivity index (χ4v) is 2.55. The second-order valence-corrected chi connectivity index (χ2v) is 5.76. The first-order valence-electron chi connectivity index (χ1n) is 7.35. The molecule has 4 nitrogen and oxygen atoms in total. The Morgan fingerprint density at radius 2 is 2.22 bits per heavy atom. The van der Waals surface area contributed by atoms with Crippen molar-refractivity contribution >= 4 is 0 Å². The van der Waals surface area contributed by atoms with E-state index in [9.17, 15) is 0 Å². The minimum atomic E-state index is 0.379. The first-order chi connectivity index (χ1) is 8.61. The Balaban J connectivity index is 2.21. The molecule has 1 fully saturated rings. The van der Waals surface area contributed by atoms with E-state index in [4.69, 9.17) is 4.74 Å². The molecule has 0 spiro atoms. The van der Waals surface area contributed by atoms with E-state index >= 15 is 0 Å². The van der Waals surface area contributed by atoms with Gasteiger partial charge in [0.25, 0.3) is 0 Å². The SMILES string of the molecule is CCNCCN1CCO[C@H](CN(C)CC(C)C)C1. The first kappa shape index (κ1) is 15.9. The highest BCUT2D eigenvalue weighted by atomic mass is 16.5. The van der Waals surface area contributed by atoms with Gasteiger partial charge in [-0.2, -0.15) is 0 Å². The fourth-order valence-electron chi connectivity index (χ4n) is 2.55. The Morgan fingerprint density at radius 3 is 2.89 bits per heavy atom. The molecule has 1 N–H and O–H groups in total. The van der Waals surface area contributed by atoms with Gasteiger partial charge in [0.2, 0.25) is 0 Å². The van der Waals surface area contributed by atoms with E-state index in [1.165, 1.54) is 0 Å². The van der Waals surface area contributed by atoms with Crippen LogP contribution in [0.2, 0.25) is 0 Å². The molecule has 0 saturated carbocycles. The van der Waals surface area contributed by atoms with Crippen LogP contribution < -0.4 is 5.32 Å². The van der Waals surface area contributed by atoms with Crippen LogP contribution in [0.15, 0.2) is 0 Å². The number of ether oxygens (including phenoxy) is 1. The van der Waals surface area contributed by atoms with Crippen molar-refractivity contribution in [3.8, 4) is 0 Å². The van der Waals surface area contributed by atoms with Crippen molar-refractivity contribution < 1.29 is 4.74 Å². The predicted molar refractivity (Wildman–Crippen MR) is 77.1 cm³/mol. The van der Waals surface area contributed by atoms with E-state index in [0.717, 1.165) is 58.3 Å². The number of hydrogen-bond donors (Lipinski definition) is 1. The third-order valence-electron chi connectivity index (χ3n) is 3.27. The summed E-state index contributed by atoms with van der Waals surface area (Å²) in [5.74, 6) is 0.725. The molecule has 0 aliphatic carbocycles. The zero-order chi connectivity index (χ0) is 13.4. The minimum Gasteiger partial charge on any atom is -0.374 e. The van der Waals surface area contributed by atoms with Crippen molar-refractivity contribution in [3.63, 3.8) is 0 Å². The van der Waals surface area contributed by atoms with E-state index in [1.54, 1.807) is 0 Å².